The predicted octanol–water partition coefficient (Wildman–Crippen LogP) is 3.37. The molecule has 152 valence electrons. The van der Waals surface area contributed by atoms with Crippen molar-refractivity contribution in [1.29, 1.82) is 0 Å². The third-order valence-corrected chi connectivity index (χ3v) is 6.21. The van der Waals surface area contributed by atoms with Gasteiger partial charge in [-0.15, -0.1) is 0 Å². The Hall–Kier alpha value is -1.89. The molecule has 0 radical (unpaired) electrons. The Kier molecular flexibility index (Phi) is 9.49. The normalized spacial score (nSPS) is 13.5. The van der Waals surface area contributed by atoms with Crippen molar-refractivity contribution < 1.29 is 27.9 Å². The average Bonchev–Trinajstić information content (AvgIpc) is 2.65. The maximum atomic E-state index is 12.7. The topological polar surface area (TPSA) is 94.2 Å². The first-order valence-corrected chi connectivity index (χ1v) is 10.5. The number of hydrogen-bond acceptors (Lipinski definition) is 6. The third-order valence-electron chi connectivity index (χ3n) is 3.90. The lowest BCUT2D eigenvalue weighted by Crippen LogP contribution is -2.48. The van der Waals surface area contributed by atoms with E-state index in [-0.39, 0.29) is 19.8 Å². The van der Waals surface area contributed by atoms with Gasteiger partial charge in [-0.05, 0) is 33.3 Å². The number of rotatable bonds is 10. The Morgan fingerprint density at radius 1 is 1.11 bits per heavy atom. The number of hydrogen-bond donors (Lipinski definition) is 1. The highest BCUT2D eigenvalue weighted by Gasteiger charge is 2.35. The van der Waals surface area contributed by atoms with Crippen LogP contribution in [0.25, 0.3) is 0 Å². The zero-order chi connectivity index (χ0) is 20.4. The molecule has 0 bridgehead atoms. The molecule has 1 aromatic carbocycles. The standard InChI is InChI=1S/C18H29N2O6P/c1-6-25-27(23,26-7-2)15(4)19-17(21)14(3)20(5)18(22)24-13-16-11-9-8-10-12-16/h8-12,14-15H,6-7,13H2,1-5H3,(H,19,21). The minimum Gasteiger partial charge on any atom is -0.445 e. The number of likely N-dealkylation sites (N-methyl/N-ethyl adjacent to an activating group) is 1. The second-order valence-corrected chi connectivity index (χ2v) is 8.26. The van der Waals surface area contributed by atoms with E-state index in [0.717, 1.165) is 5.56 Å². The summed E-state index contributed by atoms with van der Waals surface area (Å²) in [6.07, 6.45) is -0.632. The Labute approximate surface area is 160 Å². The fourth-order valence-electron chi connectivity index (χ4n) is 2.18. The van der Waals surface area contributed by atoms with Crippen LogP contribution in [-0.4, -0.2) is 49.0 Å². The zero-order valence-corrected chi connectivity index (χ0v) is 17.4. The molecule has 2 atom stereocenters. The molecule has 1 N–H and O–H groups in total. The predicted molar refractivity (Wildman–Crippen MR) is 102 cm³/mol. The van der Waals surface area contributed by atoms with Crippen LogP contribution >= 0.6 is 7.60 Å². The van der Waals surface area contributed by atoms with Crippen LogP contribution in [0.3, 0.4) is 0 Å². The van der Waals surface area contributed by atoms with Crippen molar-refractivity contribution in [2.75, 3.05) is 20.3 Å². The van der Waals surface area contributed by atoms with Crippen molar-refractivity contribution in [2.45, 2.75) is 46.1 Å². The maximum Gasteiger partial charge on any atom is 0.410 e. The molecule has 0 heterocycles. The second-order valence-electron chi connectivity index (χ2n) is 5.89. The molecule has 0 saturated carbocycles. The van der Waals surface area contributed by atoms with Gasteiger partial charge in [-0.3, -0.25) is 14.3 Å². The van der Waals surface area contributed by atoms with Crippen LogP contribution in [0.2, 0.25) is 0 Å². The average molecular weight is 400 g/mol. The van der Waals surface area contributed by atoms with Crippen molar-refractivity contribution in [1.82, 2.24) is 10.2 Å². The summed E-state index contributed by atoms with van der Waals surface area (Å²) in [4.78, 5) is 25.8. The molecule has 2 unspecified atom stereocenters. The number of nitrogens with zero attached hydrogens (tertiary/aromatic N) is 1. The molecule has 0 saturated heterocycles. The number of benzene rings is 1. The van der Waals surface area contributed by atoms with Gasteiger partial charge in [-0.1, -0.05) is 30.3 Å². The van der Waals surface area contributed by atoms with Crippen LogP contribution in [0.1, 0.15) is 33.3 Å². The van der Waals surface area contributed by atoms with Gasteiger partial charge < -0.3 is 19.1 Å². The molecule has 0 aliphatic carbocycles. The summed E-state index contributed by atoms with van der Waals surface area (Å²) in [6, 6.07) is 8.41. The maximum absolute atomic E-state index is 12.7. The molecule has 0 fully saturated rings. The van der Waals surface area contributed by atoms with Gasteiger partial charge in [0.15, 0.2) is 0 Å². The van der Waals surface area contributed by atoms with Crippen molar-refractivity contribution in [3.05, 3.63) is 35.9 Å². The number of ether oxygens (including phenoxy) is 1. The molecular weight excluding hydrogens is 371 g/mol. The summed E-state index contributed by atoms with van der Waals surface area (Å²) in [7, 11) is -2.01. The second kappa shape index (κ2) is 11.1. The van der Waals surface area contributed by atoms with Crippen molar-refractivity contribution in [3.63, 3.8) is 0 Å². The Balaban J connectivity index is 2.62. The van der Waals surface area contributed by atoms with Gasteiger partial charge in [0.25, 0.3) is 0 Å². The lowest BCUT2D eigenvalue weighted by molar-refractivity contribution is -0.125. The monoisotopic (exact) mass is 400 g/mol. The Bertz CT molecular complexity index is 645. The summed E-state index contributed by atoms with van der Waals surface area (Å²) in [5.74, 6) is -1.33. The van der Waals surface area contributed by atoms with E-state index in [9.17, 15) is 14.2 Å². The van der Waals surface area contributed by atoms with Crippen LogP contribution in [0, 0.1) is 0 Å². The fourth-order valence-corrected chi connectivity index (χ4v) is 3.71. The first kappa shape index (κ1) is 23.1. The van der Waals surface area contributed by atoms with Crippen molar-refractivity contribution in [2.24, 2.45) is 0 Å². The Morgan fingerprint density at radius 2 is 1.67 bits per heavy atom. The molecule has 0 spiro atoms. The van der Waals surface area contributed by atoms with E-state index in [4.69, 9.17) is 13.8 Å². The zero-order valence-electron chi connectivity index (χ0n) is 16.5. The molecule has 9 heteroatoms. The lowest BCUT2D eigenvalue weighted by Gasteiger charge is -2.28. The quantitative estimate of drug-likeness (QED) is 0.605. The van der Waals surface area contributed by atoms with E-state index in [1.54, 1.807) is 27.7 Å². The van der Waals surface area contributed by atoms with E-state index in [0.29, 0.717) is 0 Å². The van der Waals surface area contributed by atoms with E-state index >= 15 is 0 Å². The van der Waals surface area contributed by atoms with Crippen LogP contribution in [-0.2, 0) is 29.8 Å². The molecule has 1 rings (SSSR count). The first-order chi connectivity index (χ1) is 12.7. The first-order valence-electron chi connectivity index (χ1n) is 8.87. The van der Waals surface area contributed by atoms with E-state index in [1.807, 2.05) is 30.3 Å². The van der Waals surface area contributed by atoms with Gasteiger partial charge in [0, 0.05) is 7.05 Å². The van der Waals surface area contributed by atoms with Gasteiger partial charge in [0.2, 0.25) is 5.91 Å². The van der Waals surface area contributed by atoms with Gasteiger partial charge in [0.1, 0.15) is 18.4 Å². The van der Waals surface area contributed by atoms with Gasteiger partial charge >= 0.3 is 13.7 Å². The summed E-state index contributed by atoms with van der Waals surface area (Å²) in [5, 5.41) is 2.60. The van der Waals surface area contributed by atoms with Crippen LogP contribution in [0.5, 0.6) is 0 Å². The summed E-state index contributed by atoms with van der Waals surface area (Å²) in [6.45, 7) is 6.98. The number of carbonyl (C=O) groups is 2. The molecule has 8 nitrogen and oxygen atoms in total. The van der Waals surface area contributed by atoms with E-state index in [2.05, 4.69) is 5.32 Å². The smallest absolute Gasteiger partial charge is 0.410 e. The number of carbonyl (C=O) groups excluding carboxylic acids is 2. The lowest BCUT2D eigenvalue weighted by atomic mass is 10.2. The summed E-state index contributed by atoms with van der Waals surface area (Å²) >= 11 is 0. The summed E-state index contributed by atoms with van der Waals surface area (Å²) < 4.78 is 28.3. The largest absolute Gasteiger partial charge is 0.445 e. The van der Waals surface area contributed by atoms with E-state index < -0.39 is 31.4 Å². The molecule has 2 amide bonds. The van der Waals surface area contributed by atoms with Crippen molar-refractivity contribution >= 4 is 19.6 Å². The number of amides is 2. The van der Waals surface area contributed by atoms with Gasteiger partial charge in [-0.25, -0.2) is 4.79 Å². The third kappa shape index (κ3) is 6.97. The highest BCUT2D eigenvalue weighted by Crippen LogP contribution is 2.51. The van der Waals surface area contributed by atoms with Crippen LogP contribution < -0.4 is 5.32 Å². The van der Waals surface area contributed by atoms with Crippen molar-refractivity contribution in [3.8, 4) is 0 Å². The van der Waals surface area contributed by atoms with Crippen LogP contribution in [0.4, 0.5) is 4.79 Å². The highest BCUT2D eigenvalue weighted by molar-refractivity contribution is 7.54. The SMILES string of the molecule is CCOP(=O)(OCC)C(C)NC(=O)C(C)N(C)C(=O)OCc1ccccc1. The highest BCUT2D eigenvalue weighted by atomic mass is 31.2. The van der Waals surface area contributed by atoms with E-state index in [1.165, 1.54) is 11.9 Å². The minimum atomic E-state index is -3.48. The van der Waals surface area contributed by atoms with Crippen LogP contribution in [0.15, 0.2) is 30.3 Å². The molecule has 1 aromatic rings. The number of nitrogens with one attached hydrogen (secondary N) is 1. The Morgan fingerprint density at radius 3 is 2.19 bits per heavy atom. The molecule has 0 aliphatic rings. The van der Waals surface area contributed by atoms with Gasteiger partial charge in [0.05, 0.1) is 13.2 Å². The summed E-state index contributed by atoms with van der Waals surface area (Å²) in [5.41, 5.74) is 0.847. The fraction of sp³-hybridized carbons (Fsp3) is 0.556. The minimum absolute atomic E-state index is 0.110. The molecular formula is C18H29N2O6P. The molecule has 27 heavy (non-hydrogen) atoms. The molecule has 0 aromatic heterocycles. The molecule has 0 aliphatic heterocycles. The van der Waals surface area contributed by atoms with Gasteiger partial charge in [-0.2, -0.15) is 0 Å².